The molecule has 2 saturated carbocycles. The number of aromatic nitrogens is 1. The van der Waals surface area contributed by atoms with Crippen molar-refractivity contribution in [2.45, 2.75) is 84.2 Å². The van der Waals surface area contributed by atoms with Crippen LogP contribution in [-0.2, 0) is 12.0 Å². The van der Waals surface area contributed by atoms with Crippen molar-refractivity contribution in [3.8, 4) is 0 Å². The molecule has 2 aliphatic carbocycles. The SMILES string of the molecule is CCc1nc(C2(NC3CC3)CCC(C)(C)CC2)sc1C. The van der Waals surface area contributed by atoms with E-state index in [0.29, 0.717) is 5.41 Å². The second-order valence-electron chi connectivity index (χ2n) is 7.54. The molecule has 3 rings (SSSR count). The van der Waals surface area contributed by atoms with E-state index in [1.54, 1.807) is 0 Å². The van der Waals surface area contributed by atoms with Crippen LogP contribution < -0.4 is 5.32 Å². The lowest BCUT2D eigenvalue weighted by Crippen LogP contribution is -2.47. The average molecular weight is 292 g/mol. The lowest BCUT2D eigenvalue weighted by Gasteiger charge is -2.43. The van der Waals surface area contributed by atoms with Crippen LogP contribution in [-0.4, -0.2) is 11.0 Å². The predicted octanol–water partition coefficient (Wildman–Crippen LogP) is 4.56. The van der Waals surface area contributed by atoms with E-state index < -0.39 is 0 Å². The smallest absolute Gasteiger partial charge is 0.113 e. The van der Waals surface area contributed by atoms with Crippen LogP contribution in [0.4, 0.5) is 0 Å². The Hall–Kier alpha value is -0.410. The molecule has 0 bridgehead atoms. The fourth-order valence-electron chi connectivity index (χ4n) is 3.35. The highest BCUT2D eigenvalue weighted by atomic mass is 32.1. The molecule has 112 valence electrons. The van der Waals surface area contributed by atoms with Gasteiger partial charge in [-0.05, 0) is 57.3 Å². The zero-order chi connectivity index (χ0) is 14.4. The molecule has 0 atom stereocenters. The Labute approximate surface area is 127 Å². The first kappa shape index (κ1) is 14.5. The van der Waals surface area contributed by atoms with E-state index in [1.807, 2.05) is 11.3 Å². The van der Waals surface area contributed by atoms with E-state index in [4.69, 9.17) is 4.98 Å². The molecule has 2 aliphatic rings. The Bertz CT molecular complexity index is 475. The van der Waals surface area contributed by atoms with Crippen LogP contribution in [0.1, 0.15) is 74.9 Å². The maximum Gasteiger partial charge on any atom is 0.113 e. The summed E-state index contributed by atoms with van der Waals surface area (Å²) in [5.41, 5.74) is 2.00. The molecule has 0 saturated heterocycles. The summed E-state index contributed by atoms with van der Waals surface area (Å²) in [6.45, 7) is 9.28. The molecule has 0 aromatic carbocycles. The lowest BCUT2D eigenvalue weighted by molar-refractivity contribution is 0.132. The number of aryl methyl sites for hydroxylation is 2. The Morgan fingerprint density at radius 2 is 1.85 bits per heavy atom. The van der Waals surface area contributed by atoms with Crippen LogP contribution in [0.2, 0.25) is 0 Å². The average Bonchev–Trinajstić information content (AvgIpc) is 3.13. The van der Waals surface area contributed by atoms with Gasteiger partial charge in [-0.3, -0.25) is 0 Å². The van der Waals surface area contributed by atoms with Crippen LogP contribution in [0.5, 0.6) is 0 Å². The molecule has 1 heterocycles. The fourth-order valence-corrected chi connectivity index (χ4v) is 4.56. The van der Waals surface area contributed by atoms with Crippen molar-refractivity contribution in [2.24, 2.45) is 5.41 Å². The van der Waals surface area contributed by atoms with Crippen molar-refractivity contribution in [1.29, 1.82) is 0 Å². The molecule has 1 N–H and O–H groups in total. The third kappa shape index (κ3) is 2.80. The monoisotopic (exact) mass is 292 g/mol. The summed E-state index contributed by atoms with van der Waals surface area (Å²) in [6, 6.07) is 0.755. The summed E-state index contributed by atoms with van der Waals surface area (Å²) >= 11 is 1.94. The second-order valence-corrected chi connectivity index (χ2v) is 8.74. The van der Waals surface area contributed by atoms with Gasteiger partial charge >= 0.3 is 0 Å². The first-order valence-electron chi connectivity index (χ1n) is 8.19. The summed E-state index contributed by atoms with van der Waals surface area (Å²) in [5.74, 6) is 0. The Morgan fingerprint density at radius 3 is 2.35 bits per heavy atom. The fraction of sp³-hybridized carbons (Fsp3) is 0.824. The number of hydrogen-bond acceptors (Lipinski definition) is 3. The van der Waals surface area contributed by atoms with Crippen molar-refractivity contribution < 1.29 is 0 Å². The van der Waals surface area contributed by atoms with Crippen LogP contribution in [0.25, 0.3) is 0 Å². The topological polar surface area (TPSA) is 24.9 Å². The van der Waals surface area contributed by atoms with E-state index in [0.717, 1.165) is 12.5 Å². The molecule has 2 nitrogen and oxygen atoms in total. The lowest BCUT2D eigenvalue weighted by atomic mass is 9.69. The van der Waals surface area contributed by atoms with E-state index in [9.17, 15) is 0 Å². The number of rotatable bonds is 4. The van der Waals surface area contributed by atoms with Gasteiger partial charge in [0.05, 0.1) is 11.2 Å². The van der Waals surface area contributed by atoms with Crippen molar-refractivity contribution in [2.75, 3.05) is 0 Å². The van der Waals surface area contributed by atoms with Gasteiger partial charge in [-0.2, -0.15) is 0 Å². The zero-order valence-corrected chi connectivity index (χ0v) is 14.2. The van der Waals surface area contributed by atoms with Gasteiger partial charge in [-0.1, -0.05) is 20.8 Å². The first-order chi connectivity index (χ1) is 9.44. The van der Waals surface area contributed by atoms with Gasteiger partial charge in [0.2, 0.25) is 0 Å². The van der Waals surface area contributed by atoms with Crippen molar-refractivity contribution in [3.05, 3.63) is 15.6 Å². The second kappa shape index (κ2) is 5.10. The Balaban J connectivity index is 1.88. The quantitative estimate of drug-likeness (QED) is 0.880. The maximum absolute atomic E-state index is 5.01. The van der Waals surface area contributed by atoms with Crippen LogP contribution in [0, 0.1) is 12.3 Å². The first-order valence-corrected chi connectivity index (χ1v) is 9.00. The number of nitrogens with zero attached hydrogens (tertiary/aromatic N) is 1. The summed E-state index contributed by atoms with van der Waals surface area (Å²) in [4.78, 5) is 6.43. The highest BCUT2D eigenvalue weighted by Crippen LogP contribution is 2.47. The number of thiazole rings is 1. The van der Waals surface area contributed by atoms with Gasteiger partial charge in [0.15, 0.2) is 0 Å². The Morgan fingerprint density at radius 1 is 1.20 bits per heavy atom. The van der Waals surface area contributed by atoms with Gasteiger partial charge in [0, 0.05) is 10.9 Å². The van der Waals surface area contributed by atoms with Crippen LogP contribution in [0.3, 0.4) is 0 Å². The third-order valence-electron chi connectivity index (χ3n) is 5.15. The standard InChI is InChI=1S/C17H28N2S/c1-5-14-12(2)20-15(18-14)17(19-13-6-7-13)10-8-16(3,4)9-11-17/h13,19H,5-11H2,1-4H3. The summed E-state index contributed by atoms with van der Waals surface area (Å²) < 4.78 is 0. The molecule has 0 amide bonds. The molecular weight excluding hydrogens is 264 g/mol. The zero-order valence-electron chi connectivity index (χ0n) is 13.4. The van der Waals surface area contributed by atoms with Crippen LogP contribution >= 0.6 is 11.3 Å². The van der Waals surface area contributed by atoms with Crippen LogP contribution in [0.15, 0.2) is 0 Å². The highest BCUT2D eigenvalue weighted by molar-refractivity contribution is 7.11. The third-order valence-corrected chi connectivity index (χ3v) is 6.37. The van der Waals surface area contributed by atoms with Gasteiger partial charge in [-0.25, -0.2) is 4.98 Å². The minimum Gasteiger partial charge on any atom is -0.303 e. The molecule has 1 aromatic heterocycles. The molecule has 20 heavy (non-hydrogen) atoms. The van der Waals surface area contributed by atoms with E-state index in [-0.39, 0.29) is 5.54 Å². The highest BCUT2D eigenvalue weighted by Gasteiger charge is 2.44. The van der Waals surface area contributed by atoms with Gasteiger partial charge in [-0.15, -0.1) is 11.3 Å². The summed E-state index contributed by atoms with van der Waals surface area (Å²) in [7, 11) is 0. The largest absolute Gasteiger partial charge is 0.303 e. The van der Waals surface area contributed by atoms with E-state index in [2.05, 4.69) is 33.0 Å². The number of nitrogens with one attached hydrogen (secondary N) is 1. The van der Waals surface area contributed by atoms with E-state index in [1.165, 1.54) is 54.1 Å². The molecule has 1 aromatic rings. The van der Waals surface area contributed by atoms with Crippen molar-refractivity contribution >= 4 is 11.3 Å². The minimum atomic E-state index is 0.180. The summed E-state index contributed by atoms with van der Waals surface area (Å²) in [6.07, 6.45) is 8.92. The molecule has 0 spiro atoms. The van der Waals surface area contributed by atoms with Crippen molar-refractivity contribution in [3.63, 3.8) is 0 Å². The molecule has 0 radical (unpaired) electrons. The molecular formula is C17H28N2S. The van der Waals surface area contributed by atoms with E-state index >= 15 is 0 Å². The van der Waals surface area contributed by atoms with Crippen molar-refractivity contribution in [1.82, 2.24) is 10.3 Å². The molecule has 3 heteroatoms. The van der Waals surface area contributed by atoms with Gasteiger partial charge in [0.1, 0.15) is 5.01 Å². The summed E-state index contributed by atoms with van der Waals surface area (Å²) in [5, 5.41) is 5.34. The normalized spacial score (nSPS) is 24.8. The minimum absolute atomic E-state index is 0.180. The molecule has 0 aliphatic heterocycles. The van der Waals surface area contributed by atoms with Gasteiger partial charge in [0.25, 0.3) is 0 Å². The maximum atomic E-state index is 5.01. The molecule has 2 fully saturated rings. The predicted molar refractivity (Wildman–Crippen MR) is 86.3 cm³/mol. The molecule has 0 unspecified atom stereocenters. The number of hydrogen-bond donors (Lipinski definition) is 1. The van der Waals surface area contributed by atoms with Gasteiger partial charge < -0.3 is 5.32 Å². The Kier molecular flexibility index (Phi) is 3.70.